The predicted octanol–water partition coefficient (Wildman–Crippen LogP) is 3.02. The van der Waals surface area contributed by atoms with Crippen LogP contribution in [0.3, 0.4) is 0 Å². The van der Waals surface area contributed by atoms with E-state index < -0.39 is 0 Å². The number of fused-ring (bicyclic) bond motifs is 1. The highest BCUT2D eigenvalue weighted by molar-refractivity contribution is 7.17. The number of aromatic hydroxyl groups is 1. The number of nitrogens with zero attached hydrogens (tertiary/aromatic N) is 4. The number of hydrogen-bond acceptors (Lipinski definition) is 8. The number of hydrogen-bond donors (Lipinski definition) is 1. The average molecular weight is 419 g/mol. The summed E-state index contributed by atoms with van der Waals surface area (Å²) in [6.45, 7) is 7.45. The Morgan fingerprint density at radius 3 is 2.48 bits per heavy atom. The standard InChI is InChI=1S/C20H26N4O4S/c1-11-9-23(10-12(2)28-11)17(14-6-7-15(26-4)16(8-14)27-5)18-19(25)24-20(29-18)21-13(3)22-24/h6-8,11-12,17,25H,9-10H2,1-5H3. The fourth-order valence-corrected chi connectivity index (χ4v) is 5.17. The van der Waals surface area contributed by atoms with Gasteiger partial charge in [-0.2, -0.15) is 4.52 Å². The van der Waals surface area contributed by atoms with Crippen molar-refractivity contribution in [2.45, 2.75) is 39.0 Å². The van der Waals surface area contributed by atoms with Crippen LogP contribution in [0.2, 0.25) is 0 Å². The summed E-state index contributed by atoms with van der Waals surface area (Å²) in [5.74, 6) is 2.08. The largest absolute Gasteiger partial charge is 0.493 e. The maximum absolute atomic E-state index is 11.0. The van der Waals surface area contributed by atoms with Gasteiger partial charge in [0.25, 0.3) is 0 Å². The second-order valence-corrected chi connectivity index (χ2v) is 8.38. The highest BCUT2D eigenvalue weighted by Gasteiger charge is 2.34. The van der Waals surface area contributed by atoms with E-state index in [-0.39, 0.29) is 24.1 Å². The lowest BCUT2D eigenvalue weighted by atomic mass is 10.0. The Morgan fingerprint density at radius 2 is 1.86 bits per heavy atom. The predicted molar refractivity (Wildman–Crippen MR) is 110 cm³/mol. The van der Waals surface area contributed by atoms with Gasteiger partial charge in [0.1, 0.15) is 5.82 Å². The monoisotopic (exact) mass is 418 g/mol. The molecule has 0 amide bonds. The van der Waals surface area contributed by atoms with Gasteiger partial charge >= 0.3 is 0 Å². The van der Waals surface area contributed by atoms with Gasteiger partial charge in [0, 0.05) is 13.1 Å². The molecule has 3 unspecified atom stereocenters. The second-order valence-electron chi connectivity index (χ2n) is 7.37. The van der Waals surface area contributed by atoms with E-state index in [1.165, 1.54) is 15.9 Å². The highest BCUT2D eigenvalue weighted by Crippen LogP contribution is 2.42. The lowest BCUT2D eigenvalue weighted by molar-refractivity contribution is -0.0764. The van der Waals surface area contributed by atoms with E-state index in [0.29, 0.717) is 22.3 Å². The molecular weight excluding hydrogens is 392 g/mol. The molecule has 0 spiro atoms. The van der Waals surface area contributed by atoms with Gasteiger partial charge in [-0.25, -0.2) is 4.98 Å². The topological polar surface area (TPSA) is 81.4 Å². The summed E-state index contributed by atoms with van der Waals surface area (Å²) in [7, 11) is 3.24. The Kier molecular flexibility index (Phi) is 5.37. The van der Waals surface area contributed by atoms with Crippen LogP contribution in [0.15, 0.2) is 18.2 Å². The first-order valence-electron chi connectivity index (χ1n) is 9.57. The molecule has 3 aromatic rings. The molecule has 4 rings (SSSR count). The summed E-state index contributed by atoms with van der Waals surface area (Å²) in [6.07, 6.45) is 0.181. The lowest BCUT2D eigenvalue weighted by Crippen LogP contribution is -2.47. The van der Waals surface area contributed by atoms with Crippen molar-refractivity contribution in [2.75, 3.05) is 27.3 Å². The maximum atomic E-state index is 11.0. The Hall–Kier alpha value is -2.36. The van der Waals surface area contributed by atoms with E-state index in [0.717, 1.165) is 23.5 Å². The van der Waals surface area contributed by atoms with E-state index in [2.05, 4.69) is 28.8 Å². The number of aryl methyl sites for hydroxylation is 1. The average Bonchev–Trinajstić information content (AvgIpc) is 3.18. The maximum Gasteiger partial charge on any atom is 0.230 e. The van der Waals surface area contributed by atoms with Crippen LogP contribution in [-0.4, -0.2) is 64.1 Å². The summed E-state index contributed by atoms with van der Waals surface area (Å²) >= 11 is 1.45. The number of rotatable bonds is 5. The Morgan fingerprint density at radius 1 is 1.17 bits per heavy atom. The fourth-order valence-electron chi connectivity index (χ4n) is 4.01. The van der Waals surface area contributed by atoms with Crippen LogP contribution in [0.25, 0.3) is 4.96 Å². The van der Waals surface area contributed by atoms with Crippen LogP contribution >= 0.6 is 11.3 Å². The molecule has 1 saturated heterocycles. The van der Waals surface area contributed by atoms with Gasteiger partial charge in [0.05, 0.1) is 37.3 Å². The molecule has 0 saturated carbocycles. The van der Waals surface area contributed by atoms with Crippen LogP contribution in [0.5, 0.6) is 17.4 Å². The van der Waals surface area contributed by atoms with Crippen molar-refractivity contribution in [2.24, 2.45) is 0 Å². The molecule has 3 atom stereocenters. The summed E-state index contributed by atoms with van der Waals surface area (Å²) in [4.78, 5) is 8.24. The summed E-state index contributed by atoms with van der Waals surface area (Å²) in [6, 6.07) is 5.69. The highest BCUT2D eigenvalue weighted by atomic mass is 32.1. The molecule has 1 aliphatic heterocycles. The van der Waals surface area contributed by atoms with Crippen molar-refractivity contribution in [1.82, 2.24) is 19.5 Å². The van der Waals surface area contributed by atoms with Crippen LogP contribution < -0.4 is 9.47 Å². The molecule has 1 aromatic carbocycles. The minimum Gasteiger partial charge on any atom is -0.493 e. The second kappa shape index (κ2) is 7.81. The molecule has 0 aliphatic carbocycles. The lowest BCUT2D eigenvalue weighted by Gasteiger charge is -2.40. The van der Waals surface area contributed by atoms with Gasteiger partial charge in [-0.15, -0.1) is 5.10 Å². The summed E-state index contributed by atoms with van der Waals surface area (Å²) in [5.41, 5.74) is 1.00. The number of methoxy groups -OCH3 is 2. The van der Waals surface area contributed by atoms with Gasteiger partial charge in [-0.3, -0.25) is 4.90 Å². The molecule has 1 fully saturated rings. The van der Waals surface area contributed by atoms with Crippen molar-refractivity contribution >= 4 is 16.3 Å². The molecule has 9 heteroatoms. The van der Waals surface area contributed by atoms with Gasteiger partial charge in [0.2, 0.25) is 10.8 Å². The van der Waals surface area contributed by atoms with Crippen LogP contribution in [-0.2, 0) is 4.74 Å². The Labute approximate surface area is 173 Å². The molecule has 0 radical (unpaired) electrons. The van der Waals surface area contributed by atoms with Crippen molar-refractivity contribution < 1.29 is 19.3 Å². The van der Waals surface area contributed by atoms with Crippen molar-refractivity contribution in [3.8, 4) is 17.4 Å². The van der Waals surface area contributed by atoms with Crippen LogP contribution in [0.4, 0.5) is 0 Å². The van der Waals surface area contributed by atoms with E-state index in [4.69, 9.17) is 14.2 Å². The smallest absolute Gasteiger partial charge is 0.230 e. The SMILES string of the molecule is COc1ccc(C(c2sc3nc(C)nn3c2O)N2CC(C)OC(C)C2)cc1OC. The first kappa shape index (κ1) is 19.9. The number of thiazole rings is 1. The van der Waals surface area contributed by atoms with Crippen LogP contribution in [0.1, 0.15) is 36.2 Å². The number of aromatic nitrogens is 3. The molecule has 1 aliphatic rings. The quantitative estimate of drug-likeness (QED) is 0.682. The third-order valence-electron chi connectivity index (χ3n) is 5.09. The zero-order valence-electron chi connectivity index (χ0n) is 17.2. The van der Waals surface area contributed by atoms with Gasteiger partial charge < -0.3 is 19.3 Å². The molecule has 1 N–H and O–H groups in total. The van der Waals surface area contributed by atoms with Crippen molar-refractivity contribution in [3.63, 3.8) is 0 Å². The normalized spacial score (nSPS) is 21.4. The van der Waals surface area contributed by atoms with Crippen molar-refractivity contribution in [3.05, 3.63) is 34.5 Å². The minimum atomic E-state index is -0.183. The Bertz CT molecular complexity index is 1010. The molecule has 3 heterocycles. The van der Waals surface area contributed by atoms with E-state index in [1.54, 1.807) is 14.2 Å². The first-order chi connectivity index (χ1) is 13.9. The third kappa shape index (κ3) is 3.65. The number of benzene rings is 1. The van der Waals surface area contributed by atoms with Gasteiger partial charge in [-0.05, 0) is 38.5 Å². The number of morpholine rings is 1. The fraction of sp³-hybridized carbons (Fsp3) is 0.500. The van der Waals surface area contributed by atoms with Gasteiger partial charge in [0.15, 0.2) is 11.5 Å². The third-order valence-corrected chi connectivity index (χ3v) is 6.16. The molecule has 156 valence electrons. The minimum absolute atomic E-state index is 0.0907. The molecule has 2 aromatic heterocycles. The molecular formula is C20H26N4O4S. The molecule has 8 nitrogen and oxygen atoms in total. The van der Waals surface area contributed by atoms with E-state index in [9.17, 15) is 5.11 Å². The van der Waals surface area contributed by atoms with Gasteiger partial charge in [-0.1, -0.05) is 17.4 Å². The Balaban J connectivity index is 1.85. The molecule has 29 heavy (non-hydrogen) atoms. The van der Waals surface area contributed by atoms with Crippen molar-refractivity contribution in [1.29, 1.82) is 0 Å². The number of ether oxygens (including phenoxy) is 3. The zero-order valence-corrected chi connectivity index (χ0v) is 18.1. The summed E-state index contributed by atoms with van der Waals surface area (Å²) < 4.78 is 18.4. The zero-order chi connectivity index (χ0) is 20.7. The van der Waals surface area contributed by atoms with E-state index >= 15 is 0 Å². The van der Waals surface area contributed by atoms with E-state index in [1.807, 2.05) is 25.1 Å². The van der Waals surface area contributed by atoms with Crippen LogP contribution in [0, 0.1) is 6.92 Å². The first-order valence-corrected chi connectivity index (χ1v) is 10.4. The summed E-state index contributed by atoms with van der Waals surface area (Å²) in [5, 5.41) is 15.3. The molecule has 0 bridgehead atoms.